The third kappa shape index (κ3) is 6.28. The molecule has 0 spiro atoms. The topological polar surface area (TPSA) is 117 Å². The summed E-state index contributed by atoms with van der Waals surface area (Å²) in [5, 5.41) is 22.9. The fraction of sp³-hybridized carbons (Fsp3) is 0.517. The number of carbonyl (C=O) groups excluding carboxylic acids is 1. The van der Waals surface area contributed by atoms with Crippen LogP contribution in [0.1, 0.15) is 61.4 Å². The molecule has 210 valence electrons. The summed E-state index contributed by atoms with van der Waals surface area (Å²) in [7, 11) is -3.45. The molecule has 0 unspecified atom stereocenters. The first-order valence-corrected chi connectivity index (χ1v) is 15.7. The lowest BCUT2D eigenvalue weighted by Gasteiger charge is -2.28. The molecule has 1 saturated heterocycles. The lowest BCUT2D eigenvalue weighted by molar-refractivity contribution is 0.0821. The first kappa shape index (κ1) is 27.6. The van der Waals surface area contributed by atoms with E-state index >= 15 is 0 Å². The van der Waals surface area contributed by atoms with Crippen molar-refractivity contribution in [3.8, 4) is 0 Å². The Balaban J connectivity index is 1.42. The van der Waals surface area contributed by atoms with E-state index in [-0.39, 0.29) is 11.7 Å². The molecule has 2 aliphatic rings. The van der Waals surface area contributed by atoms with Crippen molar-refractivity contribution >= 4 is 32.5 Å². The maximum atomic E-state index is 13.7. The highest BCUT2D eigenvalue weighted by atomic mass is 32.2. The Labute approximate surface area is 230 Å². The third-order valence-corrected chi connectivity index (χ3v) is 9.83. The van der Waals surface area contributed by atoms with Crippen molar-refractivity contribution in [2.75, 3.05) is 23.1 Å². The van der Waals surface area contributed by atoms with Gasteiger partial charge < -0.3 is 15.7 Å². The van der Waals surface area contributed by atoms with Crippen molar-refractivity contribution in [1.29, 1.82) is 0 Å². The molecule has 9 nitrogen and oxygen atoms in total. The molecule has 2 atom stereocenters. The van der Waals surface area contributed by atoms with Crippen LogP contribution < -0.4 is 14.9 Å². The van der Waals surface area contributed by atoms with Crippen LogP contribution in [0.4, 0.5) is 5.69 Å². The van der Waals surface area contributed by atoms with Crippen LogP contribution in [-0.2, 0) is 23.0 Å². The first-order chi connectivity index (χ1) is 18.9. The normalized spacial score (nSPS) is 19.3. The number of amides is 1. The van der Waals surface area contributed by atoms with E-state index in [1.807, 2.05) is 37.3 Å². The summed E-state index contributed by atoms with van der Waals surface area (Å²) >= 11 is 0. The molecule has 1 aliphatic carbocycles. The number of sulfonamides is 1. The fourth-order valence-electron chi connectivity index (χ4n) is 5.80. The van der Waals surface area contributed by atoms with Gasteiger partial charge >= 0.3 is 0 Å². The number of carbonyl (C=O) groups is 1. The molecule has 1 saturated carbocycles. The minimum absolute atomic E-state index is 0.0895. The average molecular weight is 554 g/mol. The minimum Gasteiger partial charge on any atom is -0.390 e. The zero-order valence-corrected chi connectivity index (χ0v) is 23.4. The van der Waals surface area contributed by atoms with Crippen molar-refractivity contribution in [3.05, 3.63) is 59.8 Å². The number of aliphatic hydroxyl groups excluding tert-OH is 1. The smallest absolute Gasteiger partial charge is 0.251 e. The lowest BCUT2D eigenvalue weighted by atomic mass is 9.95. The van der Waals surface area contributed by atoms with Gasteiger partial charge in [0, 0.05) is 36.6 Å². The third-order valence-electron chi connectivity index (χ3n) is 7.97. The van der Waals surface area contributed by atoms with Crippen molar-refractivity contribution in [1.82, 2.24) is 20.4 Å². The molecule has 3 aromatic rings. The lowest BCUT2D eigenvalue weighted by Crippen LogP contribution is -2.50. The molecule has 2 aromatic carbocycles. The number of anilines is 1. The number of fused-ring (bicyclic) bond motifs is 1. The molecule has 1 amide bonds. The van der Waals surface area contributed by atoms with Crippen LogP contribution in [0.15, 0.2) is 48.7 Å². The van der Waals surface area contributed by atoms with Crippen molar-refractivity contribution < 1.29 is 18.3 Å². The molecule has 2 fully saturated rings. The second-order valence-electron chi connectivity index (χ2n) is 10.7. The van der Waals surface area contributed by atoms with Gasteiger partial charge in [-0.15, -0.1) is 0 Å². The molecule has 2 heterocycles. The van der Waals surface area contributed by atoms with Gasteiger partial charge in [0.2, 0.25) is 10.0 Å². The zero-order chi connectivity index (χ0) is 27.4. The van der Waals surface area contributed by atoms with E-state index < -0.39 is 22.2 Å². The Morgan fingerprint density at radius 1 is 1.13 bits per heavy atom. The van der Waals surface area contributed by atoms with Crippen LogP contribution in [0.5, 0.6) is 0 Å². The number of hydrogen-bond acceptors (Lipinski definition) is 6. The van der Waals surface area contributed by atoms with E-state index in [9.17, 15) is 18.3 Å². The SMILES string of the molecule is CCn1ncc2c(N3CCCS3(=O)=O)cc(C(=O)N[C@@H](Cc3ccccc3)[C@H](O)CNC3CCCCC3)cc21. The Bertz CT molecular complexity index is 1390. The summed E-state index contributed by atoms with van der Waals surface area (Å²) < 4.78 is 28.8. The summed E-state index contributed by atoms with van der Waals surface area (Å²) in [6.45, 7) is 3.31. The van der Waals surface area contributed by atoms with Crippen LogP contribution in [-0.4, -0.2) is 66.2 Å². The molecule has 5 rings (SSSR count). The summed E-state index contributed by atoms with van der Waals surface area (Å²) in [6.07, 6.45) is 7.76. The highest BCUT2D eigenvalue weighted by molar-refractivity contribution is 7.93. The molecule has 0 radical (unpaired) electrons. The Morgan fingerprint density at radius 2 is 1.90 bits per heavy atom. The van der Waals surface area contributed by atoms with E-state index in [0.717, 1.165) is 18.4 Å². The van der Waals surface area contributed by atoms with E-state index in [1.165, 1.54) is 23.6 Å². The van der Waals surface area contributed by atoms with E-state index in [4.69, 9.17) is 0 Å². The molecule has 39 heavy (non-hydrogen) atoms. The molecule has 10 heteroatoms. The zero-order valence-electron chi connectivity index (χ0n) is 22.6. The highest BCUT2D eigenvalue weighted by Gasteiger charge is 2.31. The van der Waals surface area contributed by atoms with Gasteiger partial charge in [0.1, 0.15) is 0 Å². The number of rotatable bonds is 10. The summed E-state index contributed by atoms with van der Waals surface area (Å²) in [5.74, 6) is -0.261. The standard InChI is InChI=1S/C29H39N5O4S/c1-2-33-26-17-22(18-27(24(26)19-31-33)34-14-9-15-39(34,37)38)29(36)32-25(16-21-10-5-3-6-11-21)28(35)20-30-23-12-7-4-8-13-23/h3,5-6,10-11,17-19,23,25,28,30,35H,2,4,7-9,12-16,20H2,1H3,(H,32,36)/t25-,28+/m0/s1. The predicted octanol–water partition coefficient (Wildman–Crippen LogP) is 3.22. The quantitative estimate of drug-likeness (QED) is 0.355. The number of nitrogens with one attached hydrogen (secondary N) is 2. The molecule has 3 N–H and O–H groups in total. The second kappa shape index (κ2) is 12.1. The van der Waals surface area contributed by atoms with E-state index in [2.05, 4.69) is 15.7 Å². The van der Waals surface area contributed by atoms with Gasteiger partial charge in [0.25, 0.3) is 5.91 Å². The molecular formula is C29H39N5O4S. The van der Waals surface area contributed by atoms with Crippen molar-refractivity contribution in [3.63, 3.8) is 0 Å². The van der Waals surface area contributed by atoms with Gasteiger partial charge in [-0.25, -0.2) is 8.42 Å². The van der Waals surface area contributed by atoms with E-state index in [0.29, 0.717) is 60.7 Å². The van der Waals surface area contributed by atoms with E-state index in [1.54, 1.807) is 23.0 Å². The first-order valence-electron chi connectivity index (χ1n) is 14.1. The maximum Gasteiger partial charge on any atom is 0.251 e. The molecule has 0 bridgehead atoms. The van der Waals surface area contributed by atoms with Crippen LogP contribution in [0.25, 0.3) is 10.9 Å². The Hall–Kier alpha value is -2.95. The van der Waals surface area contributed by atoms with Crippen LogP contribution >= 0.6 is 0 Å². The average Bonchev–Trinajstić information content (AvgIpc) is 3.53. The minimum atomic E-state index is -3.45. The van der Waals surface area contributed by atoms with Gasteiger partial charge in [-0.1, -0.05) is 49.6 Å². The number of aryl methyl sites for hydroxylation is 1. The number of hydrogen-bond donors (Lipinski definition) is 3. The Kier molecular flexibility index (Phi) is 8.54. The van der Waals surface area contributed by atoms with Crippen molar-refractivity contribution in [2.45, 2.75) is 76.6 Å². The largest absolute Gasteiger partial charge is 0.390 e. The van der Waals surface area contributed by atoms with Gasteiger partial charge in [0.15, 0.2) is 0 Å². The Morgan fingerprint density at radius 3 is 2.59 bits per heavy atom. The summed E-state index contributed by atoms with van der Waals surface area (Å²) in [4.78, 5) is 13.7. The van der Waals surface area contributed by atoms with Gasteiger partial charge in [-0.05, 0) is 50.3 Å². The maximum absolute atomic E-state index is 13.7. The number of nitrogens with zero attached hydrogens (tertiary/aromatic N) is 3. The number of benzene rings is 2. The second-order valence-corrected chi connectivity index (χ2v) is 12.7. The summed E-state index contributed by atoms with van der Waals surface area (Å²) in [5.41, 5.74) is 2.55. The monoisotopic (exact) mass is 553 g/mol. The van der Waals surface area contributed by atoms with Gasteiger partial charge in [0.05, 0.1) is 35.3 Å². The van der Waals surface area contributed by atoms with Crippen LogP contribution in [0.2, 0.25) is 0 Å². The number of aliphatic hydroxyl groups is 1. The molecular weight excluding hydrogens is 514 g/mol. The van der Waals surface area contributed by atoms with Gasteiger partial charge in [-0.2, -0.15) is 5.10 Å². The predicted molar refractivity (Wildman–Crippen MR) is 153 cm³/mol. The molecule has 1 aliphatic heterocycles. The van der Waals surface area contributed by atoms with Gasteiger partial charge in [-0.3, -0.25) is 13.8 Å². The number of aromatic nitrogens is 2. The molecule has 1 aromatic heterocycles. The van der Waals surface area contributed by atoms with Crippen molar-refractivity contribution in [2.24, 2.45) is 0 Å². The fourth-order valence-corrected chi connectivity index (χ4v) is 7.37. The van der Waals surface area contributed by atoms with Crippen LogP contribution in [0, 0.1) is 0 Å². The van der Waals surface area contributed by atoms with Crippen LogP contribution in [0.3, 0.4) is 0 Å². The summed E-state index contributed by atoms with van der Waals surface area (Å²) in [6, 6.07) is 13.1. The highest BCUT2D eigenvalue weighted by Crippen LogP contribution is 2.33.